The first-order valence-corrected chi connectivity index (χ1v) is 9.30. The van der Waals surface area contributed by atoms with Gasteiger partial charge in [-0.2, -0.15) is 0 Å². The molecule has 1 aromatic carbocycles. The number of halogens is 1. The van der Waals surface area contributed by atoms with Gasteiger partial charge in [-0.05, 0) is 58.1 Å². The van der Waals surface area contributed by atoms with E-state index >= 15 is 4.39 Å². The van der Waals surface area contributed by atoms with E-state index in [0.717, 1.165) is 17.5 Å². The SMILES string of the molecule is CC1(C)OB(C(F)=C2c3ccccc3CC23CCCNC3=O)OC1(C)C. The lowest BCUT2D eigenvalue weighted by molar-refractivity contribution is -0.129. The number of fused-ring (bicyclic) bond motifs is 1. The number of amides is 1. The maximum atomic E-state index is 15.8. The molecule has 0 aromatic heterocycles. The molecule has 2 saturated heterocycles. The Hall–Kier alpha value is -1.66. The highest BCUT2D eigenvalue weighted by molar-refractivity contribution is 6.55. The molecule has 2 heterocycles. The summed E-state index contributed by atoms with van der Waals surface area (Å²) in [6, 6.07) is 7.69. The van der Waals surface area contributed by atoms with Crippen molar-refractivity contribution in [2.45, 2.75) is 58.2 Å². The van der Waals surface area contributed by atoms with E-state index in [9.17, 15) is 4.79 Å². The molecule has 1 aliphatic carbocycles. The summed E-state index contributed by atoms with van der Waals surface area (Å²) in [6.45, 7) is 8.24. The van der Waals surface area contributed by atoms with Gasteiger partial charge in [0.05, 0.1) is 16.6 Å². The van der Waals surface area contributed by atoms with Crippen molar-refractivity contribution in [3.05, 3.63) is 41.1 Å². The van der Waals surface area contributed by atoms with Crippen molar-refractivity contribution >= 4 is 18.6 Å². The summed E-state index contributed by atoms with van der Waals surface area (Å²) in [4.78, 5) is 12.9. The van der Waals surface area contributed by atoms with Gasteiger partial charge in [-0.1, -0.05) is 24.3 Å². The third-order valence-corrected chi connectivity index (χ3v) is 6.46. The molecule has 0 radical (unpaired) electrons. The second kappa shape index (κ2) is 5.67. The Kier molecular flexibility index (Phi) is 3.87. The molecule has 1 atom stereocenters. The summed E-state index contributed by atoms with van der Waals surface area (Å²) in [5, 5.41) is 2.94. The van der Waals surface area contributed by atoms with Gasteiger partial charge in [0.2, 0.25) is 5.91 Å². The average molecular weight is 357 g/mol. The Morgan fingerprint density at radius 1 is 1.15 bits per heavy atom. The Morgan fingerprint density at radius 2 is 1.81 bits per heavy atom. The highest BCUT2D eigenvalue weighted by Crippen LogP contribution is 2.53. The zero-order valence-corrected chi connectivity index (χ0v) is 15.8. The molecule has 4 rings (SSSR count). The van der Waals surface area contributed by atoms with E-state index in [4.69, 9.17) is 9.31 Å². The zero-order chi connectivity index (χ0) is 18.7. The van der Waals surface area contributed by atoms with Gasteiger partial charge in [0.1, 0.15) is 5.73 Å². The maximum absolute atomic E-state index is 15.8. The lowest BCUT2D eigenvalue weighted by Crippen LogP contribution is -2.46. The van der Waals surface area contributed by atoms with Gasteiger partial charge in [-0.25, -0.2) is 4.39 Å². The van der Waals surface area contributed by atoms with Crippen molar-refractivity contribution in [1.29, 1.82) is 0 Å². The molecule has 2 aliphatic heterocycles. The Balaban J connectivity index is 1.85. The normalized spacial score (nSPS) is 31.1. The minimum atomic E-state index is -1.09. The molecule has 26 heavy (non-hydrogen) atoms. The van der Waals surface area contributed by atoms with E-state index in [0.29, 0.717) is 25.0 Å². The van der Waals surface area contributed by atoms with Crippen LogP contribution in [0.4, 0.5) is 4.39 Å². The topological polar surface area (TPSA) is 47.6 Å². The summed E-state index contributed by atoms with van der Waals surface area (Å²) in [6.07, 6.45) is 1.99. The molecule has 3 aliphatic rings. The predicted octanol–water partition coefficient (Wildman–Crippen LogP) is 3.45. The van der Waals surface area contributed by atoms with Crippen LogP contribution in [0.15, 0.2) is 30.0 Å². The third kappa shape index (κ3) is 2.38. The van der Waals surface area contributed by atoms with Crippen LogP contribution in [0.5, 0.6) is 0 Å². The predicted molar refractivity (Wildman–Crippen MR) is 98.9 cm³/mol. The molecular formula is C20H25BFNO3. The van der Waals surface area contributed by atoms with E-state index < -0.39 is 29.5 Å². The Morgan fingerprint density at radius 3 is 2.46 bits per heavy atom. The first kappa shape index (κ1) is 17.7. The molecular weight excluding hydrogens is 332 g/mol. The molecule has 1 aromatic rings. The van der Waals surface area contributed by atoms with Gasteiger partial charge in [0, 0.05) is 12.1 Å². The van der Waals surface area contributed by atoms with Gasteiger partial charge in [0.25, 0.3) is 0 Å². The third-order valence-electron chi connectivity index (χ3n) is 6.46. The van der Waals surface area contributed by atoms with E-state index in [-0.39, 0.29) is 5.91 Å². The van der Waals surface area contributed by atoms with Gasteiger partial charge in [0.15, 0.2) is 0 Å². The van der Waals surface area contributed by atoms with Crippen LogP contribution in [0.2, 0.25) is 0 Å². The molecule has 138 valence electrons. The molecule has 4 nitrogen and oxygen atoms in total. The molecule has 6 heteroatoms. The minimum Gasteiger partial charge on any atom is -0.398 e. The Bertz CT molecular complexity index is 788. The van der Waals surface area contributed by atoms with E-state index in [1.165, 1.54) is 0 Å². The molecule has 2 fully saturated rings. The number of carbonyl (C=O) groups excluding carboxylic acids is 1. The van der Waals surface area contributed by atoms with Crippen molar-refractivity contribution in [3.8, 4) is 0 Å². The quantitative estimate of drug-likeness (QED) is 0.784. The van der Waals surface area contributed by atoms with Crippen LogP contribution >= 0.6 is 0 Å². The minimum absolute atomic E-state index is 0.0957. The Labute approximate surface area is 154 Å². The van der Waals surface area contributed by atoms with Crippen LogP contribution in [0.3, 0.4) is 0 Å². The first-order valence-electron chi connectivity index (χ1n) is 9.30. The largest absolute Gasteiger partial charge is 0.525 e. The van der Waals surface area contributed by atoms with Crippen LogP contribution in [0.1, 0.15) is 51.7 Å². The zero-order valence-electron chi connectivity index (χ0n) is 15.8. The molecule has 1 spiro atoms. The molecule has 1 amide bonds. The highest BCUT2D eigenvalue weighted by atomic mass is 19.1. The van der Waals surface area contributed by atoms with Crippen LogP contribution in [-0.4, -0.2) is 30.8 Å². The summed E-state index contributed by atoms with van der Waals surface area (Å²) in [7, 11) is -1.09. The van der Waals surface area contributed by atoms with Gasteiger partial charge in [-0.3, -0.25) is 4.79 Å². The standard InChI is InChI=1S/C20H25BFNO3/c1-18(2)19(3,4)26-21(25-18)16(22)15-14-9-6-5-8-13(14)12-20(15)10-7-11-23-17(20)24/h5-6,8-9H,7,10-12H2,1-4H3,(H,23,24). The summed E-state index contributed by atoms with van der Waals surface area (Å²) >= 11 is 0. The van der Waals surface area contributed by atoms with Crippen molar-refractivity contribution in [2.24, 2.45) is 5.41 Å². The number of carbonyl (C=O) groups is 1. The highest BCUT2D eigenvalue weighted by Gasteiger charge is 2.57. The van der Waals surface area contributed by atoms with Crippen LogP contribution in [0.25, 0.3) is 5.57 Å². The maximum Gasteiger partial charge on any atom is 0.525 e. The second-order valence-electron chi connectivity index (χ2n) is 8.59. The fraction of sp³-hybridized carbons (Fsp3) is 0.550. The molecule has 1 unspecified atom stereocenters. The fourth-order valence-electron chi connectivity index (χ4n) is 4.29. The van der Waals surface area contributed by atoms with Gasteiger partial charge in [-0.15, -0.1) is 0 Å². The molecule has 0 saturated carbocycles. The summed E-state index contributed by atoms with van der Waals surface area (Å²) in [5.41, 5.74) is -0.335. The number of hydrogen-bond acceptors (Lipinski definition) is 3. The summed E-state index contributed by atoms with van der Waals surface area (Å²) in [5.74, 6) is -0.0957. The smallest absolute Gasteiger partial charge is 0.398 e. The number of benzene rings is 1. The van der Waals surface area contributed by atoms with Crippen molar-refractivity contribution in [2.75, 3.05) is 6.54 Å². The number of hydrogen-bond donors (Lipinski definition) is 1. The monoisotopic (exact) mass is 357 g/mol. The van der Waals surface area contributed by atoms with Crippen molar-refractivity contribution < 1.29 is 18.5 Å². The van der Waals surface area contributed by atoms with Crippen LogP contribution in [0, 0.1) is 5.41 Å². The van der Waals surface area contributed by atoms with Crippen LogP contribution < -0.4 is 5.32 Å². The average Bonchev–Trinajstić information content (AvgIpc) is 3.01. The van der Waals surface area contributed by atoms with Crippen LogP contribution in [-0.2, 0) is 20.5 Å². The number of rotatable bonds is 1. The fourth-order valence-corrected chi connectivity index (χ4v) is 4.29. The lowest BCUT2D eigenvalue weighted by Gasteiger charge is -2.34. The van der Waals surface area contributed by atoms with Gasteiger partial charge < -0.3 is 14.6 Å². The van der Waals surface area contributed by atoms with Crippen molar-refractivity contribution in [1.82, 2.24) is 5.32 Å². The van der Waals surface area contributed by atoms with E-state index in [1.54, 1.807) is 0 Å². The van der Waals surface area contributed by atoms with Crippen molar-refractivity contribution in [3.63, 3.8) is 0 Å². The molecule has 1 N–H and O–H groups in total. The number of nitrogens with one attached hydrogen (secondary N) is 1. The summed E-state index contributed by atoms with van der Waals surface area (Å²) < 4.78 is 27.7. The van der Waals surface area contributed by atoms with E-state index in [2.05, 4.69) is 5.32 Å². The molecule has 0 bridgehead atoms. The first-order chi connectivity index (χ1) is 12.2. The van der Waals surface area contributed by atoms with E-state index in [1.807, 2.05) is 52.0 Å². The second-order valence-corrected chi connectivity index (χ2v) is 8.59. The lowest BCUT2D eigenvalue weighted by atomic mass is 9.69. The number of piperidine rings is 1. The van der Waals surface area contributed by atoms with Gasteiger partial charge >= 0.3 is 7.12 Å².